The van der Waals surface area contributed by atoms with Gasteiger partial charge in [-0.2, -0.15) is 0 Å². The van der Waals surface area contributed by atoms with Crippen LogP contribution in [0.3, 0.4) is 0 Å². The van der Waals surface area contributed by atoms with Crippen LogP contribution in [0.25, 0.3) is 0 Å². The monoisotopic (exact) mass is 208 g/mol. The molecule has 74 valence electrons. The van der Waals surface area contributed by atoms with Crippen molar-refractivity contribution in [2.24, 2.45) is 0 Å². The van der Waals surface area contributed by atoms with Crippen molar-refractivity contribution in [3.8, 4) is 11.8 Å². The van der Waals surface area contributed by atoms with Crippen LogP contribution in [0.4, 0.5) is 0 Å². The van der Waals surface area contributed by atoms with Gasteiger partial charge in [-0.15, -0.1) is 5.92 Å². The molecule has 1 aromatic rings. The quantitative estimate of drug-likeness (QED) is 0.468. The van der Waals surface area contributed by atoms with Crippen molar-refractivity contribution in [2.75, 3.05) is 6.54 Å². The highest BCUT2D eigenvalue weighted by atomic mass is 35.5. The molecule has 1 rings (SSSR count). The standard InChI is InChI=1S/C11H13ClN2/c1-3-4-5-13-8-10-6-9(2)14-11(12)7-10/h6-7,13H,5,8H2,1-2H3. The summed E-state index contributed by atoms with van der Waals surface area (Å²) in [4.78, 5) is 4.09. The van der Waals surface area contributed by atoms with E-state index in [1.165, 1.54) is 0 Å². The van der Waals surface area contributed by atoms with Crippen LogP contribution in [0.1, 0.15) is 18.2 Å². The van der Waals surface area contributed by atoms with Gasteiger partial charge >= 0.3 is 0 Å². The van der Waals surface area contributed by atoms with Gasteiger partial charge in [-0.1, -0.05) is 17.5 Å². The normalized spacial score (nSPS) is 9.36. The van der Waals surface area contributed by atoms with Crippen LogP contribution in [0.5, 0.6) is 0 Å². The first-order chi connectivity index (χ1) is 6.72. The van der Waals surface area contributed by atoms with Crippen LogP contribution in [0, 0.1) is 18.8 Å². The molecule has 0 amide bonds. The lowest BCUT2D eigenvalue weighted by molar-refractivity contribution is 0.767. The second-order valence-corrected chi connectivity index (χ2v) is 3.36. The molecule has 1 N–H and O–H groups in total. The first-order valence-electron chi connectivity index (χ1n) is 4.46. The number of aromatic nitrogens is 1. The van der Waals surface area contributed by atoms with Gasteiger partial charge in [-0.05, 0) is 31.5 Å². The number of nitrogens with one attached hydrogen (secondary N) is 1. The summed E-state index contributed by atoms with van der Waals surface area (Å²) in [6.07, 6.45) is 0. The summed E-state index contributed by atoms with van der Waals surface area (Å²) in [7, 11) is 0. The minimum Gasteiger partial charge on any atom is -0.302 e. The van der Waals surface area contributed by atoms with Crippen molar-refractivity contribution in [3.05, 3.63) is 28.5 Å². The van der Waals surface area contributed by atoms with Crippen LogP contribution in [-0.2, 0) is 6.54 Å². The third kappa shape index (κ3) is 3.78. The zero-order valence-corrected chi connectivity index (χ0v) is 9.15. The van der Waals surface area contributed by atoms with E-state index in [9.17, 15) is 0 Å². The Morgan fingerprint density at radius 2 is 2.29 bits per heavy atom. The molecule has 0 bridgehead atoms. The van der Waals surface area contributed by atoms with E-state index in [0.29, 0.717) is 11.7 Å². The van der Waals surface area contributed by atoms with Gasteiger partial charge in [0.1, 0.15) is 5.15 Å². The largest absolute Gasteiger partial charge is 0.302 e. The summed E-state index contributed by atoms with van der Waals surface area (Å²) in [5.41, 5.74) is 2.08. The molecule has 0 spiro atoms. The maximum absolute atomic E-state index is 5.82. The number of rotatable bonds is 3. The first-order valence-corrected chi connectivity index (χ1v) is 4.83. The number of halogens is 1. The van der Waals surface area contributed by atoms with Gasteiger partial charge in [0.15, 0.2) is 0 Å². The second kappa shape index (κ2) is 5.64. The van der Waals surface area contributed by atoms with Gasteiger partial charge < -0.3 is 5.32 Å². The van der Waals surface area contributed by atoms with E-state index >= 15 is 0 Å². The van der Waals surface area contributed by atoms with Crippen molar-refractivity contribution < 1.29 is 0 Å². The van der Waals surface area contributed by atoms with Gasteiger partial charge in [0, 0.05) is 12.2 Å². The van der Waals surface area contributed by atoms with E-state index in [1.807, 2.05) is 26.0 Å². The predicted molar refractivity (Wildman–Crippen MR) is 59.1 cm³/mol. The predicted octanol–water partition coefficient (Wildman–Crippen LogP) is 2.16. The fraction of sp³-hybridized carbons (Fsp3) is 0.364. The van der Waals surface area contributed by atoms with Crippen molar-refractivity contribution in [1.82, 2.24) is 10.3 Å². The highest BCUT2D eigenvalue weighted by Crippen LogP contribution is 2.09. The van der Waals surface area contributed by atoms with Gasteiger partial charge in [0.25, 0.3) is 0 Å². The van der Waals surface area contributed by atoms with Gasteiger partial charge in [0.2, 0.25) is 0 Å². The van der Waals surface area contributed by atoms with Gasteiger partial charge in [-0.3, -0.25) is 0 Å². The summed E-state index contributed by atoms with van der Waals surface area (Å²) in [5.74, 6) is 5.76. The number of hydrogen-bond acceptors (Lipinski definition) is 2. The average molecular weight is 209 g/mol. The third-order valence-electron chi connectivity index (χ3n) is 1.70. The number of hydrogen-bond donors (Lipinski definition) is 1. The maximum atomic E-state index is 5.82. The van der Waals surface area contributed by atoms with E-state index in [-0.39, 0.29) is 0 Å². The zero-order valence-electron chi connectivity index (χ0n) is 8.39. The molecular weight excluding hydrogens is 196 g/mol. The number of pyridine rings is 1. The first kappa shape index (κ1) is 11.0. The summed E-state index contributed by atoms with van der Waals surface area (Å²) in [5, 5.41) is 3.74. The Kier molecular flexibility index (Phi) is 4.45. The Bertz CT molecular complexity index is 343. The smallest absolute Gasteiger partial charge is 0.129 e. The molecule has 0 atom stereocenters. The lowest BCUT2D eigenvalue weighted by Gasteiger charge is -2.03. The summed E-state index contributed by atoms with van der Waals surface area (Å²) < 4.78 is 0. The second-order valence-electron chi connectivity index (χ2n) is 2.97. The van der Waals surface area contributed by atoms with E-state index in [2.05, 4.69) is 22.1 Å². The fourth-order valence-electron chi connectivity index (χ4n) is 1.16. The highest BCUT2D eigenvalue weighted by molar-refractivity contribution is 6.29. The van der Waals surface area contributed by atoms with Crippen LogP contribution in [0.2, 0.25) is 5.15 Å². The minimum atomic E-state index is 0.545. The SMILES string of the molecule is CC#CCNCc1cc(C)nc(Cl)c1. The van der Waals surface area contributed by atoms with E-state index < -0.39 is 0 Å². The Labute approximate surface area is 89.7 Å². The number of aryl methyl sites for hydroxylation is 1. The lowest BCUT2D eigenvalue weighted by Crippen LogP contribution is -2.13. The highest BCUT2D eigenvalue weighted by Gasteiger charge is 1.96. The molecule has 0 fully saturated rings. The van der Waals surface area contributed by atoms with Gasteiger partial charge in [-0.25, -0.2) is 4.98 Å². The molecule has 0 radical (unpaired) electrons. The Hall–Kier alpha value is -1.04. The molecule has 0 unspecified atom stereocenters. The topological polar surface area (TPSA) is 24.9 Å². The maximum Gasteiger partial charge on any atom is 0.129 e. The lowest BCUT2D eigenvalue weighted by atomic mass is 10.2. The van der Waals surface area contributed by atoms with Gasteiger partial charge in [0.05, 0.1) is 6.54 Å². The minimum absolute atomic E-state index is 0.545. The molecule has 14 heavy (non-hydrogen) atoms. The summed E-state index contributed by atoms with van der Waals surface area (Å²) in [6, 6.07) is 3.87. The van der Waals surface area contributed by atoms with Crippen LogP contribution in [0.15, 0.2) is 12.1 Å². The van der Waals surface area contributed by atoms with Crippen molar-refractivity contribution in [2.45, 2.75) is 20.4 Å². The van der Waals surface area contributed by atoms with E-state index in [4.69, 9.17) is 11.6 Å². The van der Waals surface area contributed by atoms with Crippen molar-refractivity contribution in [3.63, 3.8) is 0 Å². The van der Waals surface area contributed by atoms with Crippen LogP contribution in [-0.4, -0.2) is 11.5 Å². The third-order valence-corrected chi connectivity index (χ3v) is 1.89. The van der Waals surface area contributed by atoms with Crippen LogP contribution < -0.4 is 5.32 Å². The average Bonchev–Trinajstić information content (AvgIpc) is 2.11. The molecule has 0 aliphatic rings. The van der Waals surface area contributed by atoms with Crippen LogP contribution >= 0.6 is 11.6 Å². The van der Waals surface area contributed by atoms with E-state index in [0.717, 1.165) is 17.8 Å². The Morgan fingerprint density at radius 1 is 1.50 bits per heavy atom. The van der Waals surface area contributed by atoms with Crippen molar-refractivity contribution >= 4 is 11.6 Å². The zero-order chi connectivity index (χ0) is 10.4. The summed E-state index contributed by atoms with van der Waals surface area (Å²) in [6.45, 7) is 5.24. The molecule has 0 aliphatic heterocycles. The molecule has 3 heteroatoms. The molecule has 2 nitrogen and oxygen atoms in total. The molecular formula is C11H13ClN2. The fourth-order valence-corrected chi connectivity index (χ4v) is 1.43. The molecule has 1 aromatic heterocycles. The molecule has 0 aromatic carbocycles. The number of nitrogens with zero attached hydrogens (tertiary/aromatic N) is 1. The Balaban J connectivity index is 2.53. The molecule has 0 saturated carbocycles. The molecule has 1 heterocycles. The van der Waals surface area contributed by atoms with Crippen molar-refractivity contribution in [1.29, 1.82) is 0 Å². The summed E-state index contributed by atoms with van der Waals surface area (Å²) >= 11 is 5.82. The molecule has 0 saturated heterocycles. The molecule has 0 aliphatic carbocycles. The Morgan fingerprint density at radius 3 is 2.93 bits per heavy atom. The van der Waals surface area contributed by atoms with E-state index in [1.54, 1.807) is 0 Å².